The van der Waals surface area contributed by atoms with Gasteiger partial charge in [0.2, 0.25) is 0 Å². The summed E-state index contributed by atoms with van der Waals surface area (Å²) in [7, 11) is 0. The quantitative estimate of drug-likeness (QED) is 0.649. The van der Waals surface area contributed by atoms with Crippen molar-refractivity contribution in [3.05, 3.63) is 57.3 Å². The molecule has 0 fully saturated rings. The van der Waals surface area contributed by atoms with E-state index in [0.29, 0.717) is 26.2 Å². The zero-order valence-electron chi connectivity index (χ0n) is 7.98. The maximum Gasteiger partial charge on any atom is 0.132 e. The molecule has 2 aromatic rings. The van der Waals surface area contributed by atoms with Gasteiger partial charge < -0.3 is 0 Å². The van der Waals surface area contributed by atoms with Gasteiger partial charge in [0.15, 0.2) is 0 Å². The first-order valence-corrected chi connectivity index (χ1v) is 5.62. The molecule has 0 amide bonds. The second-order valence-electron chi connectivity index (χ2n) is 3.25. The minimum absolute atomic E-state index is 0.313. The second kappa shape index (κ2) is 4.62. The number of hydrogen-bond donors (Lipinski definition) is 0. The molecule has 0 atom stereocenters. The van der Waals surface area contributed by atoms with Crippen LogP contribution in [0.5, 0.6) is 0 Å². The smallest absolute Gasteiger partial charge is 0.132 e. The molecule has 0 aromatic heterocycles. The Morgan fingerprint density at radius 2 is 1.50 bits per heavy atom. The van der Waals surface area contributed by atoms with Crippen LogP contribution < -0.4 is 0 Å². The fraction of sp³-hybridized carbons (Fsp3) is 0. The molecule has 0 unspecified atom stereocenters. The third kappa shape index (κ3) is 2.32. The fourth-order valence-electron chi connectivity index (χ4n) is 1.47. The first-order chi connectivity index (χ1) is 7.58. The van der Waals surface area contributed by atoms with Crippen molar-refractivity contribution >= 4 is 34.8 Å². The Morgan fingerprint density at radius 3 is 2.06 bits per heavy atom. The molecule has 82 valence electrons. The van der Waals surface area contributed by atoms with E-state index in [1.165, 1.54) is 6.07 Å². The lowest BCUT2D eigenvalue weighted by Gasteiger charge is -2.07. The third-order valence-corrected chi connectivity index (χ3v) is 2.87. The molecule has 0 spiro atoms. The van der Waals surface area contributed by atoms with Crippen LogP contribution >= 0.6 is 34.8 Å². The van der Waals surface area contributed by atoms with Crippen molar-refractivity contribution in [1.82, 2.24) is 0 Å². The van der Waals surface area contributed by atoms with Crippen molar-refractivity contribution in [2.24, 2.45) is 0 Å². The molecule has 0 bridgehead atoms. The fourth-order valence-corrected chi connectivity index (χ4v) is 2.27. The molecule has 16 heavy (non-hydrogen) atoms. The number of rotatable bonds is 1. The van der Waals surface area contributed by atoms with Gasteiger partial charge in [0.05, 0.1) is 5.02 Å². The molecule has 2 rings (SSSR count). The van der Waals surface area contributed by atoms with E-state index in [0.717, 1.165) is 0 Å². The zero-order valence-corrected chi connectivity index (χ0v) is 10.2. The largest absolute Gasteiger partial charge is 0.206 e. The van der Waals surface area contributed by atoms with E-state index in [2.05, 4.69) is 0 Å². The number of benzene rings is 2. The van der Waals surface area contributed by atoms with E-state index in [-0.39, 0.29) is 0 Å². The van der Waals surface area contributed by atoms with Crippen LogP contribution in [0.15, 0.2) is 36.4 Å². The zero-order chi connectivity index (χ0) is 11.7. The maximum absolute atomic E-state index is 13.6. The molecule has 0 saturated carbocycles. The first-order valence-electron chi connectivity index (χ1n) is 4.48. The Hall–Kier alpha value is -0.760. The highest BCUT2D eigenvalue weighted by Gasteiger charge is 2.10. The van der Waals surface area contributed by atoms with Gasteiger partial charge in [0.1, 0.15) is 5.82 Å². The molecule has 0 aliphatic heterocycles. The maximum atomic E-state index is 13.6. The molecular weight excluding hydrogens is 269 g/mol. The van der Waals surface area contributed by atoms with E-state index < -0.39 is 5.82 Å². The first kappa shape index (κ1) is 11.7. The summed E-state index contributed by atoms with van der Waals surface area (Å²) in [5, 5.41) is 1.22. The Kier molecular flexibility index (Phi) is 3.38. The van der Waals surface area contributed by atoms with Crippen molar-refractivity contribution < 1.29 is 4.39 Å². The molecule has 2 aromatic carbocycles. The van der Waals surface area contributed by atoms with E-state index in [9.17, 15) is 4.39 Å². The summed E-state index contributed by atoms with van der Waals surface area (Å²) in [6, 6.07) is 9.34. The molecule has 0 N–H and O–H groups in total. The highest BCUT2D eigenvalue weighted by Crippen LogP contribution is 2.33. The summed E-state index contributed by atoms with van der Waals surface area (Å²) in [6.45, 7) is 0. The molecule has 0 aliphatic rings. The summed E-state index contributed by atoms with van der Waals surface area (Å²) in [5.41, 5.74) is 0.883. The summed E-state index contributed by atoms with van der Waals surface area (Å²) in [5.74, 6) is -0.397. The predicted molar refractivity (Wildman–Crippen MR) is 66.9 cm³/mol. The summed E-state index contributed by atoms with van der Waals surface area (Å²) in [4.78, 5) is 0. The van der Waals surface area contributed by atoms with Gasteiger partial charge in [-0.2, -0.15) is 0 Å². The summed E-state index contributed by atoms with van der Waals surface area (Å²) >= 11 is 17.7. The normalized spacial score (nSPS) is 10.5. The Labute approximate surface area is 108 Å². The SMILES string of the molecule is Fc1cccc(Cl)c1-c1cc(Cl)cc(Cl)c1. The van der Waals surface area contributed by atoms with E-state index in [1.807, 2.05) is 0 Å². The summed E-state index contributed by atoms with van der Waals surface area (Å²) in [6.07, 6.45) is 0. The van der Waals surface area contributed by atoms with Crippen molar-refractivity contribution in [2.75, 3.05) is 0 Å². The minimum atomic E-state index is -0.397. The highest BCUT2D eigenvalue weighted by molar-refractivity contribution is 6.36. The lowest BCUT2D eigenvalue weighted by molar-refractivity contribution is 0.631. The molecule has 0 saturated heterocycles. The van der Waals surface area contributed by atoms with Crippen LogP contribution in [-0.4, -0.2) is 0 Å². The second-order valence-corrected chi connectivity index (χ2v) is 4.53. The number of hydrogen-bond acceptors (Lipinski definition) is 0. The van der Waals surface area contributed by atoms with Crippen LogP contribution in [0.3, 0.4) is 0 Å². The average Bonchev–Trinajstić information content (AvgIpc) is 2.15. The molecule has 4 heteroatoms. The van der Waals surface area contributed by atoms with Crippen LogP contribution in [0.1, 0.15) is 0 Å². The average molecular weight is 276 g/mol. The molecular formula is C12H6Cl3F. The van der Waals surface area contributed by atoms with Gasteiger partial charge in [-0.15, -0.1) is 0 Å². The number of halogens is 4. The van der Waals surface area contributed by atoms with Gasteiger partial charge in [0.25, 0.3) is 0 Å². The van der Waals surface area contributed by atoms with Crippen LogP contribution in [0.4, 0.5) is 4.39 Å². The Morgan fingerprint density at radius 1 is 0.875 bits per heavy atom. The lowest BCUT2D eigenvalue weighted by atomic mass is 10.1. The lowest BCUT2D eigenvalue weighted by Crippen LogP contribution is -1.86. The van der Waals surface area contributed by atoms with E-state index in [1.54, 1.807) is 30.3 Å². The Balaban J connectivity index is 2.67. The minimum Gasteiger partial charge on any atom is -0.206 e. The van der Waals surface area contributed by atoms with Crippen LogP contribution in [0.2, 0.25) is 15.1 Å². The van der Waals surface area contributed by atoms with Gasteiger partial charge in [-0.1, -0.05) is 40.9 Å². The van der Waals surface area contributed by atoms with Crippen LogP contribution in [0.25, 0.3) is 11.1 Å². The van der Waals surface area contributed by atoms with E-state index >= 15 is 0 Å². The van der Waals surface area contributed by atoms with E-state index in [4.69, 9.17) is 34.8 Å². The van der Waals surface area contributed by atoms with Crippen LogP contribution in [0, 0.1) is 5.82 Å². The van der Waals surface area contributed by atoms with Gasteiger partial charge in [-0.25, -0.2) is 4.39 Å². The summed E-state index contributed by atoms with van der Waals surface area (Å²) < 4.78 is 13.6. The van der Waals surface area contributed by atoms with Crippen molar-refractivity contribution in [3.63, 3.8) is 0 Å². The van der Waals surface area contributed by atoms with Gasteiger partial charge in [0, 0.05) is 15.6 Å². The van der Waals surface area contributed by atoms with Crippen molar-refractivity contribution in [2.45, 2.75) is 0 Å². The third-order valence-electron chi connectivity index (χ3n) is 2.11. The predicted octanol–water partition coefficient (Wildman–Crippen LogP) is 5.45. The topological polar surface area (TPSA) is 0 Å². The Bertz CT molecular complexity index is 497. The van der Waals surface area contributed by atoms with Crippen molar-refractivity contribution in [1.29, 1.82) is 0 Å². The molecule has 0 heterocycles. The molecule has 0 aliphatic carbocycles. The standard InChI is InChI=1S/C12H6Cl3F/c13-8-4-7(5-9(14)6-8)12-10(15)2-1-3-11(12)16/h1-6H. The van der Waals surface area contributed by atoms with Crippen LogP contribution in [-0.2, 0) is 0 Å². The molecule has 0 nitrogen and oxygen atoms in total. The van der Waals surface area contributed by atoms with Crippen molar-refractivity contribution in [3.8, 4) is 11.1 Å². The molecule has 0 radical (unpaired) electrons. The van der Waals surface area contributed by atoms with Gasteiger partial charge in [-0.3, -0.25) is 0 Å². The van der Waals surface area contributed by atoms with Gasteiger partial charge >= 0.3 is 0 Å². The monoisotopic (exact) mass is 274 g/mol. The van der Waals surface area contributed by atoms with Gasteiger partial charge in [-0.05, 0) is 35.9 Å². The highest BCUT2D eigenvalue weighted by atomic mass is 35.5.